The van der Waals surface area contributed by atoms with Crippen molar-refractivity contribution < 1.29 is 28.3 Å². The van der Waals surface area contributed by atoms with Gasteiger partial charge in [0.1, 0.15) is 18.3 Å². The molecule has 2 amide bonds. The molecule has 39 heavy (non-hydrogen) atoms. The van der Waals surface area contributed by atoms with Crippen molar-refractivity contribution in [3.8, 4) is 0 Å². The number of amides is 2. The number of carboxylic acid groups (broad SMARTS) is 1. The highest BCUT2D eigenvalue weighted by Crippen LogP contribution is 2.39. The normalized spacial score (nSPS) is 24.0. The van der Waals surface area contributed by atoms with E-state index in [9.17, 15) is 23.9 Å². The van der Waals surface area contributed by atoms with E-state index in [0.29, 0.717) is 55.3 Å². The van der Waals surface area contributed by atoms with Gasteiger partial charge in [-0.3, -0.25) is 9.59 Å². The number of carboxylic acids is 1. The first-order chi connectivity index (χ1) is 18.8. The molecule has 0 unspecified atom stereocenters. The van der Waals surface area contributed by atoms with Crippen molar-refractivity contribution in [3.05, 3.63) is 65.4 Å². The molecule has 3 atom stereocenters. The van der Waals surface area contributed by atoms with Crippen LogP contribution in [0.25, 0.3) is 11.0 Å². The van der Waals surface area contributed by atoms with Crippen LogP contribution in [0.4, 0.5) is 10.1 Å². The maximum absolute atomic E-state index is 13.9. The van der Waals surface area contributed by atoms with Gasteiger partial charge in [-0.15, -0.1) is 0 Å². The lowest BCUT2D eigenvalue weighted by molar-refractivity contribution is -0.141. The summed E-state index contributed by atoms with van der Waals surface area (Å²) in [6.45, 7) is 1.93. The average Bonchev–Trinajstić information content (AvgIpc) is 3.57. The number of rotatable bonds is 7. The van der Waals surface area contributed by atoms with Crippen LogP contribution in [0.1, 0.15) is 59.7 Å². The Morgan fingerprint density at radius 3 is 2.54 bits per heavy atom. The van der Waals surface area contributed by atoms with Crippen LogP contribution >= 0.6 is 0 Å². The largest absolute Gasteiger partial charge is 0.475 e. The van der Waals surface area contributed by atoms with Crippen molar-refractivity contribution in [1.29, 1.82) is 0 Å². The molecule has 2 aliphatic rings. The summed E-state index contributed by atoms with van der Waals surface area (Å²) >= 11 is 0. The summed E-state index contributed by atoms with van der Waals surface area (Å²) < 4.78 is 18.4. The average molecular weight is 536 g/mol. The van der Waals surface area contributed by atoms with Gasteiger partial charge in [0.2, 0.25) is 17.6 Å². The fourth-order valence-corrected chi connectivity index (χ4v) is 6.29. The predicted octanol–water partition coefficient (Wildman–Crippen LogP) is 4.87. The number of nitrogens with one attached hydrogen (secondary N) is 1. The maximum atomic E-state index is 13.9. The number of carbonyl (C=O) groups excluding carboxylic acids is 2. The minimum absolute atomic E-state index is 0.0325. The number of anilines is 1. The van der Waals surface area contributed by atoms with Crippen molar-refractivity contribution in [1.82, 2.24) is 4.90 Å². The standard InChI is InChI=1S/C30H34FN3O5/c1-17-4-2-3-5-22(17)23-12-13-34(29(36)19-8-6-18(7-9-19)24(32)16-31)27(23)28(35)33-21-10-11-25-20(14-21)15-26(39-25)30(37)38/h2-5,10-11,14-15,18-19,23-24,27H,6-9,12-13,16,32H2,1H3,(H,33,35)(H,37,38)/t18-,19-,23-,24+,27-/m0/s1. The third kappa shape index (κ3) is 5.41. The van der Waals surface area contributed by atoms with Crippen LogP contribution in [-0.4, -0.2) is 53.1 Å². The van der Waals surface area contributed by atoms with Gasteiger partial charge in [-0.05, 0) is 80.3 Å². The Hall–Kier alpha value is -3.72. The van der Waals surface area contributed by atoms with Crippen LogP contribution in [-0.2, 0) is 9.59 Å². The Bertz CT molecular complexity index is 1380. The van der Waals surface area contributed by atoms with Crippen LogP contribution in [0.5, 0.6) is 0 Å². The van der Waals surface area contributed by atoms with Crippen molar-refractivity contribution in [2.24, 2.45) is 17.6 Å². The number of carbonyl (C=O) groups is 3. The zero-order valence-corrected chi connectivity index (χ0v) is 21.9. The Balaban J connectivity index is 1.39. The number of aromatic carboxylic acids is 1. The van der Waals surface area contributed by atoms with Crippen molar-refractivity contribution >= 4 is 34.4 Å². The number of likely N-dealkylation sites (tertiary alicyclic amines) is 1. The number of halogens is 1. The molecule has 0 radical (unpaired) electrons. The number of furan rings is 1. The number of fused-ring (bicyclic) bond motifs is 1. The molecule has 2 fully saturated rings. The van der Waals surface area contributed by atoms with E-state index in [1.807, 2.05) is 31.2 Å². The van der Waals surface area contributed by atoms with E-state index < -0.39 is 24.7 Å². The smallest absolute Gasteiger partial charge is 0.371 e. The molecule has 1 aliphatic heterocycles. The first kappa shape index (κ1) is 26.9. The monoisotopic (exact) mass is 535 g/mol. The van der Waals surface area contributed by atoms with Crippen LogP contribution in [0.2, 0.25) is 0 Å². The van der Waals surface area contributed by atoms with E-state index in [4.69, 9.17) is 10.2 Å². The predicted molar refractivity (Wildman–Crippen MR) is 145 cm³/mol. The topological polar surface area (TPSA) is 126 Å². The second-order valence-corrected chi connectivity index (χ2v) is 10.8. The number of alkyl halides is 1. The molecule has 5 rings (SSSR count). The van der Waals surface area contributed by atoms with Crippen LogP contribution < -0.4 is 11.1 Å². The Kier molecular flexibility index (Phi) is 7.70. The van der Waals surface area contributed by atoms with Crippen LogP contribution in [0, 0.1) is 18.8 Å². The van der Waals surface area contributed by atoms with Gasteiger partial charge >= 0.3 is 5.97 Å². The van der Waals surface area contributed by atoms with Crippen LogP contribution in [0.3, 0.4) is 0 Å². The maximum Gasteiger partial charge on any atom is 0.371 e. The number of nitrogens with zero attached hydrogens (tertiary/aromatic N) is 1. The molecule has 1 saturated carbocycles. The molecule has 3 aromatic rings. The zero-order chi connectivity index (χ0) is 27.7. The van der Waals surface area contributed by atoms with Crippen molar-refractivity contribution in [2.45, 2.75) is 57.0 Å². The third-order valence-corrected chi connectivity index (χ3v) is 8.44. The third-order valence-electron chi connectivity index (χ3n) is 8.44. The summed E-state index contributed by atoms with van der Waals surface area (Å²) in [6, 6.07) is 13.1. The Morgan fingerprint density at radius 1 is 1.10 bits per heavy atom. The summed E-state index contributed by atoms with van der Waals surface area (Å²) in [6.07, 6.45) is 3.35. The number of hydrogen-bond donors (Lipinski definition) is 3. The SMILES string of the molecule is Cc1ccccc1[C@@H]1CCN(C(=O)[C@H]2CC[C@H]([C@H](N)CF)CC2)[C@@H]1C(=O)Nc1ccc2oc(C(=O)O)cc2c1. The summed E-state index contributed by atoms with van der Waals surface area (Å²) in [5.74, 6) is -1.96. The number of aryl methyl sites for hydroxylation is 1. The second kappa shape index (κ2) is 11.2. The minimum atomic E-state index is -1.17. The van der Waals surface area contributed by atoms with Gasteiger partial charge in [0.25, 0.3) is 0 Å². The van der Waals surface area contributed by atoms with Gasteiger partial charge in [0.05, 0.1) is 0 Å². The van der Waals surface area contributed by atoms with E-state index in [0.717, 1.165) is 11.1 Å². The van der Waals surface area contributed by atoms with Gasteiger partial charge in [0.15, 0.2) is 0 Å². The molecule has 1 aliphatic carbocycles. The first-order valence-electron chi connectivity index (χ1n) is 13.5. The summed E-state index contributed by atoms with van der Waals surface area (Å²) in [5.41, 5.74) is 8.93. The van der Waals surface area contributed by atoms with Crippen molar-refractivity contribution in [2.75, 3.05) is 18.5 Å². The first-order valence-corrected chi connectivity index (χ1v) is 13.5. The molecule has 1 aromatic heterocycles. The molecule has 1 saturated heterocycles. The molecule has 2 aromatic carbocycles. The minimum Gasteiger partial charge on any atom is -0.475 e. The molecule has 4 N–H and O–H groups in total. The van der Waals surface area contributed by atoms with E-state index in [1.165, 1.54) is 6.07 Å². The second-order valence-electron chi connectivity index (χ2n) is 10.8. The summed E-state index contributed by atoms with van der Waals surface area (Å²) in [5, 5.41) is 12.8. The Labute approximate surface area is 226 Å². The van der Waals surface area contributed by atoms with Crippen LogP contribution in [0.15, 0.2) is 52.9 Å². The fraction of sp³-hybridized carbons (Fsp3) is 0.433. The molecule has 2 heterocycles. The zero-order valence-electron chi connectivity index (χ0n) is 21.9. The quantitative estimate of drug-likeness (QED) is 0.397. The van der Waals surface area contributed by atoms with Gasteiger partial charge in [-0.2, -0.15) is 0 Å². The molecule has 8 nitrogen and oxygen atoms in total. The van der Waals surface area contributed by atoms with E-state index >= 15 is 0 Å². The van der Waals surface area contributed by atoms with E-state index in [2.05, 4.69) is 5.32 Å². The van der Waals surface area contributed by atoms with Crippen molar-refractivity contribution in [3.63, 3.8) is 0 Å². The van der Waals surface area contributed by atoms with Gasteiger partial charge in [-0.1, -0.05) is 24.3 Å². The molecule has 0 spiro atoms. The number of benzene rings is 2. The molecule has 9 heteroatoms. The Morgan fingerprint density at radius 2 is 1.85 bits per heavy atom. The molecule has 0 bridgehead atoms. The van der Waals surface area contributed by atoms with Gasteiger partial charge < -0.3 is 25.5 Å². The fourth-order valence-electron chi connectivity index (χ4n) is 6.29. The highest BCUT2D eigenvalue weighted by atomic mass is 19.1. The van der Waals surface area contributed by atoms with Gasteiger partial charge in [0, 0.05) is 35.5 Å². The van der Waals surface area contributed by atoms with E-state index in [-0.39, 0.29) is 35.3 Å². The summed E-state index contributed by atoms with van der Waals surface area (Å²) in [4.78, 5) is 40.7. The molecular weight excluding hydrogens is 501 g/mol. The summed E-state index contributed by atoms with van der Waals surface area (Å²) in [7, 11) is 0. The number of nitrogens with two attached hydrogens (primary N) is 1. The lowest BCUT2D eigenvalue weighted by Crippen LogP contribution is -2.48. The highest BCUT2D eigenvalue weighted by Gasteiger charge is 2.45. The van der Waals surface area contributed by atoms with Gasteiger partial charge in [-0.25, -0.2) is 9.18 Å². The highest BCUT2D eigenvalue weighted by molar-refractivity contribution is 6.00. The lowest BCUT2D eigenvalue weighted by Gasteiger charge is -2.35. The molecular formula is C30H34FN3O5. The van der Waals surface area contributed by atoms with E-state index in [1.54, 1.807) is 23.1 Å². The molecule has 206 valence electrons. The number of hydrogen-bond acceptors (Lipinski definition) is 5. The lowest BCUT2D eigenvalue weighted by atomic mass is 9.78.